The Morgan fingerprint density at radius 2 is 2.00 bits per heavy atom. The highest BCUT2D eigenvalue weighted by atomic mass is 35.5. The summed E-state index contributed by atoms with van der Waals surface area (Å²) < 4.78 is 4.99. The van der Waals surface area contributed by atoms with Gasteiger partial charge in [-0.3, -0.25) is 4.79 Å². The highest BCUT2D eigenvalue weighted by Gasteiger charge is 2.40. The van der Waals surface area contributed by atoms with Crippen LogP contribution in [0.4, 0.5) is 0 Å². The second-order valence-corrected chi connectivity index (χ2v) is 6.59. The van der Waals surface area contributed by atoms with Crippen molar-refractivity contribution in [2.24, 2.45) is 0 Å². The Bertz CT molecular complexity index is 502. The minimum atomic E-state index is -0.421. The summed E-state index contributed by atoms with van der Waals surface area (Å²) in [6.07, 6.45) is 5.18. The van der Waals surface area contributed by atoms with Crippen LogP contribution in [0, 0.1) is 0 Å². The molecule has 1 fully saturated rings. The van der Waals surface area contributed by atoms with Gasteiger partial charge < -0.3 is 15.4 Å². The molecule has 2 N–H and O–H groups in total. The molecule has 1 aromatic carbocycles. The Morgan fingerprint density at radius 3 is 2.70 bits per heavy atom. The third kappa shape index (κ3) is 4.93. The Balaban J connectivity index is 1.99. The van der Waals surface area contributed by atoms with Gasteiger partial charge in [0, 0.05) is 31.8 Å². The highest BCUT2D eigenvalue weighted by Crippen LogP contribution is 2.40. The number of ether oxygens (including phenoxy) is 1. The molecule has 2 rings (SSSR count). The molecule has 0 aromatic heterocycles. The van der Waals surface area contributed by atoms with Crippen molar-refractivity contribution in [2.45, 2.75) is 37.5 Å². The van der Waals surface area contributed by atoms with E-state index >= 15 is 0 Å². The predicted octanol–water partition coefficient (Wildman–Crippen LogP) is 2.89. The molecular formula is C18H27ClN2O2. The zero-order chi connectivity index (χ0) is 16.5. The lowest BCUT2D eigenvalue weighted by Gasteiger charge is -2.36. The lowest BCUT2D eigenvalue weighted by molar-refractivity contribution is -0.128. The molecule has 1 aliphatic carbocycles. The summed E-state index contributed by atoms with van der Waals surface area (Å²) in [4.78, 5) is 12.9. The number of hydrogen-bond donors (Lipinski definition) is 2. The average Bonchev–Trinajstić information content (AvgIpc) is 2.58. The van der Waals surface area contributed by atoms with Gasteiger partial charge in [0.1, 0.15) is 0 Å². The summed E-state index contributed by atoms with van der Waals surface area (Å²) in [5.41, 5.74) is 0.630. The van der Waals surface area contributed by atoms with Crippen molar-refractivity contribution in [2.75, 3.05) is 33.4 Å². The van der Waals surface area contributed by atoms with Gasteiger partial charge in [0.05, 0.1) is 12.0 Å². The van der Waals surface area contributed by atoms with Crippen molar-refractivity contribution < 1.29 is 9.53 Å². The van der Waals surface area contributed by atoms with Crippen LogP contribution in [-0.4, -0.2) is 39.3 Å². The molecule has 1 amide bonds. The number of benzene rings is 1. The van der Waals surface area contributed by atoms with Crippen molar-refractivity contribution in [3.05, 3.63) is 34.9 Å². The maximum absolute atomic E-state index is 12.9. The SMILES string of the molecule is COCCNCCNC(=O)C1(c2cccc(Cl)c2)CCCCC1. The van der Waals surface area contributed by atoms with Gasteiger partial charge in [-0.15, -0.1) is 0 Å². The smallest absolute Gasteiger partial charge is 0.230 e. The van der Waals surface area contributed by atoms with Crippen molar-refractivity contribution in [1.82, 2.24) is 10.6 Å². The third-order valence-corrected chi connectivity index (χ3v) is 4.82. The van der Waals surface area contributed by atoms with E-state index in [-0.39, 0.29) is 5.91 Å². The van der Waals surface area contributed by atoms with Crippen molar-refractivity contribution in [3.8, 4) is 0 Å². The zero-order valence-corrected chi connectivity index (χ0v) is 14.6. The largest absolute Gasteiger partial charge is 0.383 e. The molecule has 0 aliphatic heterocycles. The van der Waals surface area contributed by atoms with Crippen LogP contribution in [-0.2, 0) is 14.9 Å². The van der Waals surface area contributed by atoms with Gasteiger partial charge in [-0.2, -0.15) is 0 Å². The van der Waals surface area contributed by atoms with Gasteiger partial charge in [-0.1, -0.05) is 43.0 Å². The third-order valence-electron chi connectivity index (χ3n) is 4.59. The molecule has 0 radical (unpaired) electrons. The molecular weight excluding hydrogens is 312 g/mol. The fourth-order valence-corrected chi connectivity index (χ4v) is 3.51. The quantitative estimate of drug-likeness (QED) is 0.717. The van der Waals surface area contributed by atoms with E-state index in [2.05, 4.69) is 10.6 Å². The first-order chi connectivity index (χ1) is 11.2. The predicted molar refractivity (Wildman–Crippen MR) is 94.0 cm³/mol. The first-order valence-electron chi connectivity index (χ1n) is 8.43. The Morgan fingerprint density at radius 1 is 1.22 bits per heavy atom. The standard InChI is InChI=1S/C18H27ClN2O2/c1-23-13-12-20-10-11-21-17(22)18(8-3-2-4-9-18)15-6-5-7-16(19)14-15/h5-7,14,20H,2-4,8-13H2,1H3,(H,21,22). The molecule has 0 heterocycles. The number of carbonyl (C=O) groups is 1. The number of amides is 1. The fraction of sp³-hybridized carbons (Fsp3) is 0.611. The van der Waals surface area contributed by atoms with E-state index in [0.29, 0.717) is 18.2 Å². The minimum Gasteiger partial charge on any atom is -0.383 e. The average molecular weight is 339 g/mol. The Kier molecular flexibility index (Phi) is 7.34. The van der Waals surface area contributed by atoms with Gasteiger partial charge in [0.25, 0.3) is 0 Å². The maximum atomic E-state index is 12.9. The molecule has 5 heteroatoms. The van der Waals surface area contributed by atoms with Crippen LogP contribution in [0.3, 0.4) is 0 Å². The van der Waals surface area contributed by atoms with Crippen LogP contribution in [0.25, 0.3) is 0 Å². The van der Waals surface area contributed by atoms with Crippen molar-refractivity contribution in [3.63, 3.8) is 0 Å². The highest BCUT2D eigenvalue weighted by molar-refractivity contribution is 6.30. The number of methoxy groups -OCH3 is 1. The lowest BCUT2D eigenvalue weighted by atomic mass is 9.68. The van der Waals surface area contributed by atoms with Gasteiger partial charge in [0.2, 0.25) is 5.91 Å². The van der Waals surface area contributed by atoms with E-state index < -0.39 is 5.41 Å². The molecule has 128 valence electrons. The van der Waals surface area contributed by atoms with Gasteiger partial charge >= 0.3 is 0 Å². The molecule has 0 saturated heterocycles. The van der Waals surface area contributed by atoms with Crippen LogP contribution in [0.2, 0.25) is 5.02 Å². The van der Waals surface area contributed by atoms with Gasteiger partial charge in [-0.05, 0) is 30.5 Å². The molecule has 0 bridgehead atoms. The number of nitrogens with one attached hydrogen (secondary N) is 2. The molecule has 23 heavy (non-hydrogen) atoms. The van der Waals surface area contributed by atoms with Gasteiger partial charge in [0.15, 0.2) is 0 Å². The van der Waals surface area contributed by atoms with E-state index in [9.17, 15) is 4.79 Å². The molecule has 0 spiro atoms. The lowest BCUT2D eigenvalue weighted by Crippen LogP contribution is -2.47. The summed E-state index contributed by atoms with van der Waals surface area (Å²) >= 11 is 6.15. The van der Waals surface area contributed by atoms with E-state index in [0.717, 1.165) is 44.3 Å². The first-order valence-corrected chi connectivity index (χ1v) is 8.81. The topological polar surface area (TPSA) is 50.4 Å². The van der Waals surface area contributed by atoms with E-state index in [4.69, 9.17) is 16.3 Å². The first kappa shape index (κ1) is 18.2. The van der Waals surface area contributed by atoms with E-state index in [1.807, 2.05) is 24.3 Å². The van der Waals surface area contributed by atoms with Crippen LogP contribution in [0.15, 0.2) is 24.3 Å². The van der Waals surface area contributed by atoms with Crippen molar-refractivity contribution in [1.29, 1.82) is 0 Å². The maximum Gasteiger partial charge on any atom is 0.230 e. The van der Waals surface area contributed by atoms with Crippen molar-refractivity contribution >= 4 is 17.5 Å². The second kappa shape index (κ2) is 9.26. The van der Waals surface area contributed by atoms with Gasteiger partial charge in [-0.25, -0.2) is 0 Å². The number of hydrogen-bond acceptors (Lipinski definition) is 3. The summed E-state index contributed by atoms with van der Waals surface area (Å²) in [6, 6.07) is 7.78. The summed E-state index contributed by atoms with van der Waals surface area (Å²) in [5, 5.41) is 7.04. The normalized spacial score (nSPS) is 17.0. The summed E-state index contributed by atoms with van der Waals surface area (Å²) in [7, 11) is 1.68. The molecule has 1 aromatic rings. The van der Waals surface area contributed by atoms with E-state index in [1.165, 1.54) is 6.42 Å². The zero-order valence-electron chi connectivity index (χ0n) is 13.9. The second-order valence-electron chi connectivity index (χ2n) is 6.15. The summed E-state index contributed by atoms with van der Waals surface area (Å²) in [5.74, 6) is 0.132. The fourth-order valence-electron chi connectivity index (χ4n) is 3.32. The number of carbonyl (C=O) groups excluding carboxylic acids is 1. The molecule has 0 unspecified atom stereocenters. The van der Waals surface area contributed by atoms with E-state index in [1.54, 1.807) is 7.11 Å². The Labute approximate surface area is 143 Å². The van der Waals surface area contributed by atoms with Crippen LogP contribution in [0.1, 0.15) is 37.7 Å². The van der Waals surface area contributed by atoms with Crippen LogP contribution < -0.4 is 10.6 Å². The van der Waals surface area contributed by atoms with Crippen LogP contribution >= 0.6 is 11.6 Å². The monoisotopic (exact) mass is 338 g/mol. The summed E-state index contributed by atoms with van der Waals surface area (Å²) in [6.45, 7) is 2.86. The molecule has 1 aliphatic rings. The number of halogens is 1. The molecule has 4 nitrogen and oxygen atoms in total. The van der Waals surface area contributed by atoms with Crippen LogP contribution in [0.5, 0.6) is 0 Å². The number of rotatable bonds is 8. The minimum absolute atomic E-state index is 0.132. The molecule has 0 atom stereocenters. The Hall–Kier alpha value is -1.10. The molecule has 1 saturated carbocycles.